The molecule has 0 radical (unpaired) electrons. The van der Waals surface area contributed by atoms with Crippen LogP contribution in [0.1, 0.15) is 35.7 Å². The smallest absolute Gasteiger partial charge is 0.126 e. The number of nitrogens with zero attached hydrogens (tertiary/aromatic N) is 1. The number of nitrogens with one attached hydrogen (secondary N) is 1. The molecule has 1 atom stereocenters. The van der Waals surface area contributed by atoms with Crippen molar-refractivity contribution in [2.45, 2.75) is 31.7 Å². The van der Waals surface area contributed by atoms with Gasteiger partial charge in [-0.1, -0.05) is 24.3 Å². The van der Waals surface area contributed by atoms with Crippen molar-refractivity contribution in [1.82, 2.24) is 10.3 Å². The number of pyridine rings is 1. The van der Waals surface area contributed by atoms with Gasteiger partial charge < -0.3 is 5.32 Å². The zero-order valence-corrected chi connectivity index (χ0v) is 11.5. The van der Waals surface area contributed by atoms with E-state index in [0.29, 0.717) is 12.5 Å². The molecule has 1 unspecified atom stereocenters. The first-order chi connectivity index (χ1) is 9.84. The van der Waals surface area contributed by atoms with Gasteiger partial charge in [-0.25, -0.2) is 4.39 Å². The second kappa shape index (κ2) is 6.14. The van der Waals surface area contributed by atoms with E-state index in [-0.39, 0.29) is 5.82 Å². The van der Waals surface area contributed by atoms with Gasteiger partial charge in [-0.3, -0.25) is 4.98 Å². The molecule has 1 aliphatic rings. The molecule has 20 heavy (non-hydrogen) atoms. The quantitative estimate of drug-likeness (QED) is 0.920. The third-order valence-electron chi connectivity index (χ3n) is 3.94. The third kappa shape index (κ3) is 2.88. The number of aryl methyl sites for hydroxylation is 1. The zero-order chi connectivity index (χ0) is 13.8. The van der Waals surface area contributed by atoms with E-state index in [1.165, 1.54) is 23.7 Å². The summed E-state index contributed by atoms with van der Waals surface area (Å²) in [5.74, 6) is -0.114. The fourth-order valence-electron chi connectivity index (χ4n) is 2.89. The summed E-state index contributed by atoms with van der Waals surface area (Å²) < 4.78 is 13.6. The Balaban J connectivity index is 1.61. The Kier molecular flexibility index (Phi) is 4.07. The van der Waals surface area contributed by atoms with Crippen molar-refractivity contribution < 1.29 is 4.39 Å². The summed E-state index contributed by atoms with van der Waals surface area (Å²) in [5, 5.41) is 3.52. The molecule has 3 heteroatoms. The van der Waals surface area contributed by atoms with Gasteiger partial charge in [-0.2, -0.15) is 0 Å². The first kappa shape index (κ1) is 13.3. The predicted molar refractivity (Wildman–Crippen MR) is 78.0 cm³/mol. The van der Waals surface area contributed by atoms with Crippen molar-refractivity contribution in [2.24, 2.45) is 0 Å². The van der Waals surface area contributed by atoms with Crippen LogP contribution >= 0.6 is 0 Å². The van der Waals surface area contributed by atoms with E-state index >= 15 is 0 Å². The number of rotatable bonds is 4. The Labute approximate surface area is 119 Å². The molecule has 104 valence electrons. The highest BCUT2D eigenvalue weighted by atomic mass is 19.1. The Morgan fingerprint density at radius 2 is 2.10 bits per heavy atom. The lowest BCUT2D eigenvalue weighted by molar-refractivity contribution is 0.449. The molecule has 0 saturated heterocycles. The number of hydrogen-bond acceptors (Lipinski definition) is 2. The van der Waals surface area contributed by atoms with Crippen molar-refractivity contribution in [1.29, 1.82) is 0 Å². The first-order valence-electron chi connectivity index (χ1n) is 7.25. The van der Waals surface area contributed by atoms with Gasteiger partial charge in [0, 0.05) is 12.2 Å². The lowest BCUT2D eigenvalue weighted by atomic mass is 9.92. The van der Waals surface area contributed by atoms with Gasteiger partial charge in [0.1, 0.15) is 5.82 Å². The van der Waals surface area contributed by atoms with Gasteiger partial charge in [0.2, 0.25) is 0 Å². The van der Waals surface area contributed by atoms with Gasteiger partial charge >= 0.3 is 0 Å². The Morgan fingerprint density at radius 3 is 3.00 bits per heavy atom. The number of benzene rings is 1. The summed E-state index contributed by atoms with van der Waals surface area (Å²) in [6.45, 7) is 0.779. The van der Waals surface area contributed by atoms with Crippen molar-refractivity contribution in [3.63, 3.8) is 0 Å². The number of halogens is 1. The maximum absolute atomic E-state index is 13.6. The summed E-state index contributed by atoms with van der Waals surface area (Å²) in [5.41, 5.74) is 3.30. The second-order valence-corrected chi connectivity index (χ2v) is 5.29. The topological polar surface area (TPSA) is 24.9 Å². The standard InChI is InChI=1S/C17H19FN2/c18-15-8-2-1-5-13(15)10-12-19-16-9-3-6-14-7-4-11-20-17(14)16/h1-2,4-5,7-8,11,16,19H,3,6,9-10,12H2. The van der Waals surface area contributed by atoms with Crippen LogP contribution in [0.4, 0.5) is 4.39 Å². The second-order valence-electron chi connectivity index (χ2n) is 5.29. The van der Waals surface area contributed by atoms with Crippen LogP contribution in [0.5, 0.6) is 0 Å². The molecule has 1 aliphatic carbocycles. The highest BCUT2D eigenvalue weighted by molar-refractivity contribution is 5.25. The minimum absolute atomic E-state index is 0.114. The van der Waals surface area contributed by atoms with Crippen molar-refractivity contribution in [3.05, 3.63) is 65.2 Å². The van der Waals surface area contributed by atoms with E-state index in [1.54, 1.807) is 6.07 Å². The molecular formula is C17H19FN2. The molecule has 3 rings (SSSR count). The average molecular weight is 270 g/mol. The van der Waals surface area contributed by atoms with Gasteiger partial charge in [0.25, 0.3) is 0 Å². The Bertz CT molecular complexity index is 583. The van der Waals surface area contributed by atoms with Crippen molar-refractivity contribution in [2.75, 3.05) is 6.54 Å². The van der Waals surface area contributed by atoms with Crippen molar-refractivity contribution >= 4 is 0 Å². The van der Waals surface area contributed by atoms with Crippen LogP contribution in [0, 0.1) is 5.82 Å². The zero-order valence-electron chi connectivity index (χ0n) is 11.5. The molecule has 2 aromatic rings. The predicted octanol–water partition coefficient (Wildman–Crippen LogP) is 3.43. The number of hydrogen-bond donors (Lipinski definition) is 1. The lowest BCUT2D eigenvalue weighted by Gasteiger charge is -2.25. The maximum Gasteiger partial charge on any atom is 0.126 e. The molecule has 1 aromatic carbocycles. The fourth-order valence-corrected chi connectivity index (χ4v) is 2.89. The fraction of sp³-hybridized carbons (Fsp3) is 0.353. The molecule has 1 aromatic heterocycles. The van der Waals surface area contributed by atoms with E-state index < -0.39 is 0 Å². The van der Waals surface area contributed by atoms with E-state index in [9.17, 15) is 4.39 Å². The molecule has 0 aliphatic heterocycles. The first-order valence-corrected chi connectivity index (χ1v) is 7.25. The van der Waals surface area contributed by atoms with Gasteiger partial charge in [0.05, 0.1) is 5.69 Å². The molecule has 0 fully saturated rings. The summed E-state index contributed by atoms with van der Waals surface area (Å²) >= 11 is 0. The van der Waals surface area contributed by atoms with E-state index in [1.807, 2.05) is 24.4 Å². The number of aromatic nitrogens is 1. The minimum Gasteiger partial charge on any atom is -0.308 e. The molecule has 1 N–H and O–H groups in total. The van der Waals surface area contributed by atoms with Gasteiger partial charge in [-0.05, 0) is 55.5 Å². The van der Waals surface area contributed by atoms with Gasteiger partial charge in [-0.15, -0.1) is 0 Å². The van der Waals surface area contributed by atoms with E-state index in [4.69, 9.17) is 0 Å². The average Bonchev–Trinajstić information content (AvgIpc) is 2.49. The highest BCUT2D eigenvalue weighted by Gasteiger charge is 2.20. The summed E-state index contributed by atoms with van der Waals surface area (Å²) in [4.78, 5) is 4.51. The molecule has 2 nitrogen and oxygen atoms in total. The van der Waals surface area contributed by atoms with E-state index in [0.717, 1.165) is 24.9 Å². The number of fused-ring (bicyclic) bond motifs is 1. The van der Waals surface area contributed by atoms with Gasteiger partial charge in [0.15, 0.2) is 0 Å². The largest absolute Gasteiger partial charge is 0.308 e. The van der Waals surface area contributed by atoms with E-state index in [2.05, 4.69) is 16.4 Å². The molecular weight excluding hydrogens is 251 g/mol. The molecule has 0 saturated carbocycles. The Hall–Kier alpha value is -1.74. The SMILES string of the molecule is Fc1ccccc1CCNC1CCCc2cccnc21. The molecule has 0 amide bonds. The Morgan fingerprint density at radius 1 is 1.20 bits per heavy atom. The van der Waals surface area contributed by atoms with Crippen LogP contribution in [0.25, 0.3) is 0 Å². The van der Waals surface area contributed by atoms with Crippen LogP contribution in [0.3, 0.4) is 0 Å². The normalized spacial score (nSPS) is 17.8. The third-order valence-corrected chi connectivity index (χ3v) is 3.94. The van der Waals surface area contributed by atoms with Crippen LogP contribution < -0.4 is 5.32 Å². The highest BCUT2D eigenvalue weighted by Crippen LogP contribution is 2.27. The molecule has 0 spiro atoms. The molecule has 1 heterocycles. The van der Waals surface area contributed by atoms with Crippen LogP contribution in [-0.2, 0) is 12.8 Å². The van der Waals surface area contributed by atoms with Crippen molar-refractivity contribution in [3.8, 4) is 0 Å². The summed E-state index contributed by atoms with van der Waals surface area (Å²) in [7, 11) is 0. The summed E-state index contributed by atoms with van der Waals surface area (Å²) in [6.07, 6.45) is 5.99. The maximum atomic E-state index is 13.6. The minimum atomic E-state index is -0.114. The monoisotopic (exact) mass is 270 g/mol. The van der Waals surface area contributed by atoms with Crippen LogP contribution in [0.2, 0.25) is 0 Å². The molecule has 0 bridgehead atoms. The van der Waals surface area contributed by atoms with Crippen LogP contribution in [-0.4, -0.2) is 11.5 Å². The summed E-state index contributed by atoms with van der Waals surface area (Å²) in [6, 6.07) is 11.5. The van der Waals surface area contributed by atoms with Crippen LogP contribution in [0.15, 0.2) is 42.6 Å². The lowest BCUT2D eigenvalue weighted by Crippen LogP contribution is -2.28.